The fraction of sp³-hybridized carbons (Fsp3) is 0.467. The standard InChI is InChI=1S/C15H22O/c1-5-7-8-14-11-13(6-2)9-10-15(14)16-12(3)4/h6,9-12H,2,5,7-8H2,1,3-4H3. The van der Waals surface area contributed by atoms with Crippen LogP contribution in [-0.2, 0) is 6.42 Å². The van der Waals surface area contributed by atoms with Gasteiger partial charge in [0.15, 0.2) is 0 Å². The molecular weight excluding hydrogens is 196 g/mol. The van der Waals surface area contributed by atoms with E-state index >= 15 is 0 Å². The number of benzene rings is 1. The lowest BCUT2D eigenvalue weighted by Gasteiger charge is -2.14. The van der Waals surface area contributed by atoms with Gasteiger partial charge in [-0.05, 0) is 49.9 Å². The Bertz CT molecular complexity index is 339. The minimum Gasteiger partial charge on any atom is -0.491 e. The maximum Gasteiger partial charge on any atom is 0.122 e. The van der Waals surface area contributed by atoms with Crippen LogP contribution in [0, 0.1) is 0 Å². The fourth-order valence-electron chi connectivity index (χ4n) is 1.66. The summed E-state index contributed by atoms with van der Waals surface area (Å²) in [5.41, 5.74) is 2.47. The molecule has 88 valence electrons. The van der Waals surface area contributed by atoms with E-state index in [9.17, 15) is 0 Å². The van der Waals surface area contributed by atoms with Crippen LogP contribution in [0.3, 0.4) is 0 Å². The minimum atomic E-state index is 0.231. The topological polar surface area (TPSA) is 9.23 Å². The van der Waals surface area contributed by atoms with Crippen LogP contribution in [0.4, 0.5) is 0 Å². The van der Waals surface area contributed by atoms with Crippen LogP contribution < -0.4 is 4.74 Å². The summed E-state index contributed by atoms with van der Waals surface area (Å²) in [4.78, 5) is 0. The molecule has 0 unspecified atom stereocenters. The lowest BCUT2D eigenvalue weighted by atomic mass is 10.0. The smallest absolute Gasteiger partial charge is 0.122 e. The summed E-state index contributed by atoms with van der Waals surface area (Å²) in [6, 6.07) is 6.29. The SMILES string of the molecule is C=Cc1ccc(OC(C)C)c(CCCC)c1. The van der Waals surface area contributed by atoms with Crippen LogP contribution in [0.1, 0.15) is 44.7 Å². The molecule has 0 fully saturated rings. The summed E-state index contributed by atoms with van der Waals surface area (Å²) in [6.45, 7) is 10.1. The summed E-state index contributed by atoms with van der Waals surface area (Å²) in [7, 11) is 0. The molecule has 0 saturated carbocycles. The van der Waals surface area contributed by atoms with Crippen LogP contribution in [0.2, 0.25) is 0 Å². The molecule has 0 spiro atoms. The largest absolute Gasteiger partial charge is 0.491 e. The Balaban J connectivity index is 2.91. The summed E-state index contributed by atoms with van der Waals surface area (Å²) >= 11 is 0. The molecule has 0 aliphatic carbocycles. The Hall–Kier alpha value is -1.24. The highest BCUT2D eigenvalue weighted by Gasteiger charge is 2.05. The van der Waals surface area contributed by atoms with Gasteiger partial charge in [-0.2, -0.15) is 0 Å². The third-order valence-electron chi connectivity index (χ3n) is 2.48. The van der Waals surface area contributed by atoms with E-state index < -0.39 is 0 Å². The van der Waals surface area contributed by atoms with Gasteiger partial charge < -0.3 is 4.74 Å². The molecule has 0 aromatic heterocycles. The summed E-state index contributed by atoms with van der Waals surface area (Å²) in [5, 5.41) is 0. The molecule has 0 atom stereocenters. The van der Waals surface area contributed by atoms with Crippen molar-refractivity contribution in [3.05, 3.63) is 35.9 Å². The molecule has 1 rings (SSSR count). The van der Waals surface area contributed by atoms with E-state index in [1.165, 1.54) is 24.0 Å². The van der Waals surface area contributed by atoms with Crippen molar-refractivity contribution < 1.29 is 4.74 Å². The van der Waals surface area contributed by atoms with E-state index in [0.717, 1.165) is 12.2 Å². The molecule has 0 saturated heterocycles. The van der Waals surface area contributed by atoms with Crippen molar-refractivity contribution in [1.82, 2.24) is 0 Å². The highest BCUT2D eigenvalue weighted by molar-refractivity contribution is 5.51. The first-order valence-electron chi connectivity index (χ1n) is 6.09. The second-order valence-corrected chi connectivity index (χ2v) is 4.34. The van der Waals surface area contributed by atoms with E-state index in [0.29, 0.717) is 0 Å². The van der Waals surface area contributed by atoms with Crippen molar-refractivity contribution in [1.29, 1.82) is 0 Å². The van der Waals surface area contributed by atoms with Gasteiger partial charge in [-0.1, -0.05) is 32.1 Å². The molecule has 0 radical (unpaired) electrons. The Morgan fingerprint density at radius 1 is 1.38 bits per heavy atom. The summed E-state index contributed by atoms with van der Waals surface area (Å²) in [5.74, 6) is 1.02. The first-order chi connectivity index (χ1) is 7.67. The van der Waals surface area contributed by atoms with Crippen LogP contribution in [0.25, 0.3) is 6.08 Å². The molecule has 1 nitrogen and oxygen atoms in total. The lowest BCUT2D eigenvalue weighted by molar-refractivity contribution is 0.240. The Labute approximate surface area is 99.1 Å². The number of hydrogen-bond acceptors (Lipinski definition) is 1. The van der Waals surface area contributed by atoms with Gasteiger partial charge >= 0.3 is 0 Å². The first kappa shape index (κ1) is 12.8. The third kappa shape index (κ3) is 3.73. The summed E-state index contributed by atoms with van der Waals surface area (Å²) < 4.78 is 5.81. The third-order valence-corrected chi connectivity index (χ3v) is 2.48. The molecular formula is C15H22O. The van der Waals surface area contributed by atoms with Crippen molar-refractivity contribution in [2.24, 2.45) is 0 Å². The van der Waals surface area contributed by atoms with Gasteiger partial charge in [0.2, 0.25) is 0 Å². The predicted molar refractivity (Wildman–Crippen MR) is 70.9 cm³/mol. The monoisotopic (exact) mass is 218 g/mol. The number of rotatable bonds is 6. The molecule has 0 heterocycles. The van der Waals surface area contributed by atoms with E-state index in [1.807, 2.05) is 6.08 Å². The zero-order chi connectivity index (χ0) is 12.0. The van der Waals surface area contributed by atoms with Crippen LogP contribution >= 0.6 is 0 Å². The second kappa shape index (κ2) is 6.37. The molecule has 1 heteroatoms. The molecule has 0 N–H and O–H groups in total. The molecule has 0 bridgehead atoms. The van der Waals surface area contributed by atoms with Crippen molar-refractivity contribution in [3.63, 3.8) is 0 Å². The Morgan fingerprint density at radius 3 is 2.69 bits per heavy atom. The highest BCUT2D eigenvalue weighted by atomic mass is 16.5. The van der Waals surface area contributed by atoms with E-state index in [-0.39, 0.29) is 6.10 Å². The van der Waals surface area contributed by atoms with Crippen molar-refractivity contribution in [2.75, 3.05) is 0 Å². The Morgan fingerprint density at radius 2 is 2.12 bits per heavy atom. The van der Waals surface area contributed by atoms with E-state index in [2.05, 4.69) is 45.5 Å². The van der Waals surface area contributed by atoms with Gasteiger partial charge in [-0.3, -0.25) is 0 Å². The van der Waals surface area contributed by atoms with Crippen LogP contribution in [0.5, 0.6) is 5.75 Å². The van der Waals surface area contributed by atoms with Gasteiger partial charge in [0.25, 0.3) is 0 Å². The van der Waals surface area contributed by atoms with Crippen molar-refractivity contribution in [2.45, 2.75) is 46.1 Å². The maximum absolute atomic E-state index is 5.81. The number of ether oxygens (including phenoxy) is 1. The molecule has 0 amide bonds. The average molecular weight is 218 g/mol. The maximum atomic E-state index is 5.81. The molecule has 1 aromatic carbocycles. The number of aryl methyl sites for hydroxylation is 1. The van der Waals surface area contributed by atoms with Gasteiger partial charge in [0.1, 0.15) is 5.75 Å². The second-order valence-electron chi connectivity index (χ2n) is 4.34. The zero-order valence-corrected chi connectivity index (χ0v) is 10.6. The number of hydrogen-bond donors (Lipinski definition) is 0. The predicted octanol–water partition coefficient (Wildman–Crippen LogP) is 4.46. The zero-order valence-electron chi connectivity index (χ0n) is 10.6. The molecule has 16 heavy (non-hydrogen) atoms. The molecule has 0 aliphatic rings. The average Bonchev–Trinajstić information content (AvgIpc) is 2.27. The van der Waals surface area contributed by atoms with Crippen molar-refractivity contribution >= 4 is 6.08 Å². The first-order valence-corrected chi connectivity index (χ1v) is 6.09. The molecule has 1 aromatic rings. The normalized spacial score (nSPS) is 10.5. The van der Waals surface area contributed by atoms with Gasteiger partial charge in [0.05, 0.1) is 6.10 Å². The van der Waals surface area contributed by atoms with E-state index in [4.69, 9.17) is 4.74 Å². The quantitative estimate of drug-likeness (QED) is 0.685. The summed E-state index contributed by atoms with van der Waals surface area (Å²) in [6.07, 6.45) is 5.61. The van der Waals surface area contributed by atoms with E-state index in [1.54, 1.807) is 0 Å². The number of unbranched alkanes of at least 4 members (excludes halogenated alkanes) is 1. The molecule has 0 aliphatic heterocycles. The van der Waals surface area contributed by atoms with Gasteiger partial charge in [-0.25, -0.2) is 0 Å². The minimum absolute atomic E-state index is 0.231. The van der Waals surface area contributed by atoms with Crippen LogP contribution in [-0.4, -0.2) is 6.10 Å². The van der Waals surface area contributed by atoms with Crippen LogP contribution in [0.15, 0.2) is 24.8 Å². The lowest BCUT2D eigenvalue weighted by Crippen LogP contribution is -2.07. The van der Waals surface area contributed by atoms with Gasteiger partial charge in [0, 0.05) is 0 Å². The fourth-order valence-corrected chi connectivity index (χ4v) is 1.66. The Kier molecular flexibility index (Phi) is 5.10. The van der Waals surface area contributed by atoms with Crippen molar-refractivity contribution in [3.8, 4) is 5.75 Å². The highest BCUT2D eigenvalue weighted by Crippen LogP contribution is 2.23. The van der Waals surface area contributed by atoms with Gasteiger partial charge in [-0.15, -0.1) is 0 Å².